The Morgan fingerprint density at radius 2 is 1.67 bits per heavy atom. The van der Waals surface area contributed by atoms with Crippen molar-refractivity contribution in [3.05, 3.63) is 0 Å². The number of nitrogens with zero attached hydrogens (tertiary/aromatic N) is 1. The van der Waals surface area contributed by atoms with Gasteiger partial charge in [-0.3, -0.25) is 4.90 Å². The molecule has 1 aliphatic heterocycles. The van der Waals surface area contributed by atoms with Crippen molar-refractivity contribution in [1.29, 1.82) is 0 Å². The maximum absolute atomic E-state index is 10.7. The average Bonchev–Trinajstić information content (AvgIpc) is 2.15. The first-order chi connectivity index (χ1) is 6.61. The van der Waals surface area contributed by atoms with E-state index in [0.717, 1.165) is 19.3 Å². The van der Waals surface area contributed by atoms with Crippen LogP contribution in [0.5, 0.6) is 0 Å². The minimum atomic E-state index is -1.34. The van der Waals surface area contributed by atoms with Gasteiger partial charge in [0.1, 0.15) is 0 Å². The number of aliphatic carboxylic acids is 2. The molecule has 80 valence electrons. The quantitative estimate of drug-likeness (QED) is 0.500. The molecule has 1 rings (SSSR count). The molecule has 0 spiro atoms. The number of hydrogen-bond acceptors (Lipinski definition) is 5. The van der Waals surface area contributed by atoms with E-state index in [0.29, 0.717) is 13.1 Å². The first-order valence-corrected chi connectivity index (χ1v) is 4.76. The molecule has 0 unspecified atom stereocenters. The number of carboxylic acid groups (broad SMARTS) is 2. The Labute approximate surface area is 118 Å². The molecular formula is C9H13CaNO4. The van der Waals surface area contributed by atoms with Crippen LogP contribution in [-0.4, -0.2) is 73.7 Å². The van der Waals surface area contributed by atoms with Crippen LogP contribution in [0.1, 0.15) is 25.7 Å². The van der Waals surface area contributed by atoms with Crippen molar-refractivity contribution in [2.45, 2.75) is 31.7 Å². The summed E-state index contributed by atoms with van der Waals surface area (Å²) in [6.07, 6.45) is 2.41. The maximum atomic E-state index is 10.7. The summed E-state index contributed by atoms with van der Waals surface area (Å²) in [6.45, 7) is 1.26. The van der Waals surface area contributed by atoms with Gasteiger partial charge in [-0.05, 0) is 25.9 Å². The van der Waals surface area contributed by atoms with Crippen LogP contribution < -0.4 is 10.2 Å². The Kier molecular flexibility index (Phi) is 7.52. The van der Waals surface area contributed by atoms with E-state index in [1.807, 2.05) is 0 Å². The zero-order chi connectivity index (χ0) is 10.6. The minimum Gasteiger partial charge on any atom is -0.550 e. The van der Waals surface area contributed by atoms with E-state index in [1.54, 1.807) is 4.90 Å². The number of piperidine rings is 1. The first kappa shape index (κ1) is 15.2. The van der Waals surface area contributed by atoms with Gasteiger partial charge in [0, 0.05) is 12.4 Å². The van der Waals surface area contributed by atoms with Crippen LogP contribution >= 0.6 is 0 Å². The van der Waals surface area contributed by atoms with Crippen LogP contribution in [0.3, 0.4) is 0 Å². The number of rotatable bonds is 4. The molecule has 0 aromatic rings. The molecule has 0 N–H and O–H groups in total. The van der Waals surface area contributed by atoms with Gasteiger partial charge in [-0.25, -0.2) is 0 Å². The standard InChI is InChI=1S/C9H15NO4.Ca/c11-8(12)6-7(9(13)14)10-4-2-1-3-5-10;/h7H,1-6H2,(H,11,12)(H,13,14);/q;+2/p-2/t7-;/m0./s1. The normalized spacial score (nSPS) is 18.9. The summed E-state index contributed by atoms with van der Waals surface area (Å²) in [4.78, 5) is 22.7. The van der Waals surface area contributed by atoms with E-state index >= 15 is 0 Å². The molecule has 0 bridgehead atoms. The molecule has 1 atom stereocenters. The zero-order valence-corrected chi connectivity index (χ0v) is 10.8. The molecule has 5 nitrogen and oxygen atoms in total. The van der Waals surface area contributed by atoms with Gasteiger partial charge in [-0.2, -0.15) is 0 Å². The van der Waals surface area contributed by atoms with Gasteiger partial charge in [0.2, 0.25) is 0 Å². The van der Waals surface area contributed by atoms with Gasteiger partial charge >= 0.3 is 37.7 Å². The third-order valence-electron chi connectivity index (χ3n) is 2.46. The Hall–Kier alpha value is 0.160. The SMILES string of the molecule is O=C([O-])C[C@@H](C(=O)[O-])N1CCCCC1.[Ca+2]. The molecule has 0 aromatic heterocycles. The van der Waals surface area contributed by atoms with Crippen LogP contribution in [0.25, 0.3) is 0 Å². The number of carboxylic acids is 2. The Balaban J connectivity index is 0.00000196. The summed E-state index contributed by atoms with van der Waals surface area (Å²) < 4.78 is 0. The fourth-order valence-corrected chi connectivity index (χ4v) is 1.75. The molecule has 1 saturated heterocycles. The molecule has 15 heavy (non-hydrogen) atoms. The van der Waals surface area contributed by atoms with Gasteiger partial charge in [-0.15, -0.1) is 0 Å². The van der Waals surface area contributed by atoms with Crippen molar-refractivity contribution >= 4 is 49.7 Å². The zero-order valence-electron chi connectivity index (χ0n) is 8.61. The summed E-state index contributed by atoms with van der Waals surface area (Å²) in [5.74, 6) is -2.67. The number of carbonyl (C=O) groups excluding carboxylic acids is 2. The van der Waals surface area contributed by atoms with Crippen LogP contribution in [0.15, 0.2) is 0 Å². The van der Waals surface area contributed by atoms with Crippen molar-refractivity contribution in [3.63, 3.8) is 0 Å². The topological polar surface area (TPSA) is 83.5 Å². The van der Waals surface area contributed by atoms with E-state index in [9.17, 15) is 19.8 Å². The largest absolute Gasteiger partial charge is 2.00 e. The van der Waals surface area contributed by atoms with E-state index < -0.39 is 24.4 Å². The Bertz CT molecular complexity index is 228. The van der Waals surface area contributed by atoms with Gasteiger partial charge in [0.15, 0.2) is 0 Å². The van der Waals surface area contributed by atoms with Crippen molar-refractivity contribution < 1.29 is 19.8 Å². The van der Waals surface area contributed by atoms with Crippen LogP contribution in [-0.2, 0) is 9.59 Å². The molecule has 1 heterocycles. The van der Waals surface area contributed by atoms with Crippen LogP contribution in [0.2, 0.25) is 0 Å². The molecular weight excluding hydrogens is 226 g/mol. The Morgan fingerprint density at radius 1 is 1.13 bits per heavy atom. The molecule has 1 fully saturated rings. The predicted molar refractivity (Wildman–Crippen MR) is 49.6 cm³/mol. The van der Waals surface area contributed by atoms with Crippen molar-refractivity contribution in [2.75, 3.05) is 13.1 Å². The van der Waals surface area contributed by atoms with Crippen molar-refractivity contribution in [3.8, 4) is 0 Å². The summed E-state index contributed by atoms with van der Waals surface area (Å²) in [7, 11) is 0. The molecule has 0 aliphatic carbocycles. The van der Waals surface area contributed by atoms with E-state index in [-0.39, 0.29) is 37.7 Å². The third kappa shape index (κ3) is 5.15. The maximum Gasteiger partial charge on any atom is 2.00 e. The second-order valence-electron chi connectivity index (χ2n) is 3.51. The van der Waals surface area contributed by atoms with Gasteiger partial charge in [0.05, 0.1) is 12.0 Å². The molecule has 6 heteroatoms. The molecule has 0 saturated carbocycles. The molecule has 0 aromatic carbocycles. The summed E-state index contributed by atoms with van der Waals surface area (Å²) >= 11 is 0. The van der Waals surface area contributed by atoms with E-state index in [4.69, 9.17) is 0 Å². The molecule has 1 aliphatic rings. The second kappa shape index (κ2) is 7.44. The average molecular weight is 239 g/mol. The Morgan fingerprint density at radius 3 is 2.07 bits per heavy atom. The first-order valence-electron chi connectivity index (χ1n) is 4.76. The van der Waals surface area contributed by atoms with Crippen LogP contribution in [0, 0.1) is 0 Å². The van der Waals surface area contributed by atoms with E-state index in [2.05, 4.69) is 0 Å². The molecule has 0 amide bonds. The van der Waals surface area contributed by atoms with E-state index in [1.165, 1.54) is 0 Å². The smallest absolute Gasteiger partial charge is 0.550 e. The third-order valence-corrected chi connectivity index (χ3v) is 2.46. The number of hydrogen-bond donors (Lipinski definition) is 0. The summed E-state index contributed by atoms with van der Waals surface area (Å²) in [5.41, 5.74) is 0. The van der Waals surface area contributed by atoms with Crippen molar-refractivity contribution in [2.24, 2.45) is 0 Å². The second-order valence-corrected chi connectivity index (χ2v) is 3.51. The fourth-order valence-electron chi connectivity index (χ4n) is 1.75. The number of carbonyl (C=O) groups is 2. The van der Waals surface area contributed by atoms with Crippen LogP contribution in [0.4, 0.5) is 0 Å². The predicted octanol–water partition coefficient (Wildman–Crippen LogP) is -2.65. The van der Waals surface area contributed by atoms with Crippen molar-refractivity contribution in [1.82, 2.24) is 4.90 Å². The van der Waals surface area contributed by atoms with Gasteiger partial charge < -0.3 is 19.8 Å². The fraction of sp³-hybridized carbons (Fsp3) is 0.778. The summed E-state index contributed by atoms with van der Waals surface area (Å²) in [6, 6.07) is -1.03. The number of likely N-dealkylation sites (tertiary alicyclic amines) is 1. The van der Waals surface area contributed by atoms with Gasteiger partial charge in [-0.1, -0.05) is 6.42 Å². The molecule has 0 radical (unpaired) electrons. The monoisotopic (exact) mass is 239 g/mol. The minimum absolute atomic E-state index is 0. The summed E-state index contributed by atoms with van der Waals surface area (Å²) in [5, 5.41) is 21.0. The van der Waals surface area contributed by atoms with Gasteiger partial charge in [0.25, 0.3) is 0 Å².